The standard InChI is InChI=1S/C18H17N5O4S2/c1-28-11-16-21-14(10-17(24)22-16)18(25)20-12-5-7-13(8-6-12)29(26,27)23-15-4-2-3-9-19-15/h2-10H,11H2,1H3,(H,19,23)(H,20,25)(H,21,22,24). The maximum Gasteiger partial charge on any atom is 0.274 e. The lowest BCUT2D eigenvalue weighted by atomic mass is 10.3. The molecule has 0 radical (unpaired) electrons. The molecule has 11 heteroatoms. The molecule has 0 fully saturated rings. The number of benzene rings is 1. The maximum atomic E-state index is 12.4. The first kappa shape index (κ1) is 20.6. The van der Waals surface area contributed by atoms with Crippen molar-refractivity contribution in [2.45, 2.75) is 10.6 Å². The minimum absolute atomic E-state index is 0.0117. The zero-order valence-electron chi connectivity index (χ0n) is 15.2. The lowest BCUT2D eigenvalue weighted by Gasteiger charge is -2.09. The normalized spacial score (nSPS) is 11.1. The monoisotopic (exact) mass is 431 g/mol. The molecule has 2 aromatic heterocycles. The number of rotatable bonds is 7. The molecule has 0 bridgehead atoms. The minimum Gasteiger partial charge on any atom is -0.321 e. The molecule has 3 rings (SSSR count). The SMILES string of the molecule is CSCc1nc(C(=O)Nc2ccc(S(=O)(=O)Nc3ccccn3)cc2)cc(=O)[nH]1. The van der Waals surface area contributed by atoms with Crippen molar-refractivity contribution >= 4 is 39.2 Å². The van der Waals surface area contributed by atoms with Gasteiger partial charge in [0.2, 0.25) is 0 Å². The third-order valence-electron chi connectivity index (χ3n) is 3.63. The topological polar surface area (TPSA) is 134 Å². The lowest BCUT2D eigenvalue weighted by Crippen LogP contribution is -2.20. The molecule has 0 unspecified atom stereocenters. The largest absolute Gasteiger partial charge is 0.321 e. The van der Waals surface area contributed by atoms with Gasteiger partial charge in [-0.15, -0.1) is 0 Å². The van der Waals surface area contributed by atoms with E-state index < -0.39 is 21.5 Å². The highest BCUT2D eigenvalue weighted by Gasteiger charge is 2.15. The van der Waals surface area contributed by atoms with E-state index in [0.29, 0.717) is 17.3 Å². The van der Waals surface area contributed by atoms with Crippen molar-refractivity contribution in [3.05, 3.63) is 76.6 Å². The summed E-state index contributed by atoms with van der Waals surface area (Å²) in [6.07, 6.45) is 3.33. The Bertz CT molecular complexity index is 1160. The molecule has 150 valence electrons. The van der Waals surface area contributed by atoms with Crippen molar-refractivity contribution in [2.75, 3.05) is 16.3 Å². The number of carbonyl (C=O) groups excluding carboxylic acids is 1. The number of nitrogens with one attached hydrogen (secondary N) is 3. The van der Waals surface area contributed by atoms with Crippen molar-refractivity contribution < 1.29 is 13.2 Å². The van der Waals surface area contributed by atoms with Crippen LogP contribution in [-0.4, -0.2) is 35.5 Å². The van der Waals surface area contributed by atoms with E-state index in [1.807, 2.05) is 6.26 Å². The average molecular weight is 431 g/mol. The number of aromatic nitrogens is 3. The summed E-state index contributed by atoms with van der Waals surface area (Å²) in [5.74, 6) is 0.496. The van der Waals surface area contributed by atoms with Crippen molar-refractivity contribution in [2.24, 2.45) is 0 Å². The second kappa shape index (κ2) is 8.88. The van der Waals surface area contributed by atoms with Crippen molar-refractivity contribution in [3.8, 4) is 0 Å². The molecule has 3 aromatic rings. The van der Waals surface area contributed by atoms with Crippen LogP contribution in [0.15, 0.2) is 64.4 Å². The molecule has 1 amide bonds. The second-order valence-corrected chi connectivity index (χ2v) is 8.36. The quantitative estimate of drug-likeness (QED) is 0.521. The van der Waals surface area contributed by atoms with E-state index in [9.17, 15) is 18.0 Å². The smallest absolute Gasteiger partial charge is 0.274 e. The predicted octanol–water partition coefficient (Wildman–Crippen LogP) is 2.08. The zero-order valence-corrected chi connectivity index (χ0v) is 16.9. The van der Waals surface area contributed by atoms with Gasteiger partial charge in [0.1, 0.15) is 17.3 Å². The van der Waals surface area contributed by atoms with Crippen LogP contribution >= 0.6 is 11.8 Å². The molecule has 0 saturated carbocycles. The fourth-order valence-corrected chi connectivity index (χ4v) is 3.78. The number of anilines is 2. The minimum atomic E-state index is -3.81. The number of H-pyrrole nitrogens is 1. The fraction of sp³-hybridized carbons (Fsp3) is 0.111. The van der Waals surface area contributed by atoms with Crippen molar-refractivity contribution in [1.29, 1.82) is 0 Å². The van der Waals surface area contributed by atoms with Crippen LogP contribution in [0.1, 0.15) is 16.3 Å². The van der Waals surface area contributed by atoms with Gasteiger partial charge in [-0.3, -0.25) is 14.3 Å². The molecule has 3 N–H and O–H groups in total. The summed E-state index contributed by atoms with van der Waals surface area (Å²) < 4.78 is 27.2. The average Bonchev–Trinajstić information content (AvgIpc) is 2.68. The van der Waals surface area contributed by atoms with Gasteiger partial charge >= 0.3 is 0 Å². The van der Waals surface area contributed by atoms with Crippen LogP contribution in [0.3, 0.4) is 0 Å². The Balaban J connectivity index is 1.74. The van der Waals surface area contributed by atoms with Crippen LogP contribution in [-0.2, 0) is 15.8 Å². The number of sulfonamides is 1. The summed E-state index contributed by atoms with van der Waals surface area (Å²) in [6, 6.07) is 11.6. The van der Waals surface area contributed by atoms with Gasteiger partial charge in [-0.05, 0) is 42.7 Å². The van der Waals surface area contributed by atoms with Gasteiger partial charge < -0.3 is 10.3 Å². The van der Waals surface area contributed by atoms with Crippen LogP contribution in [0.5, 0.6) is 0 Å². The summed E-state index contributed by atoms with van der Waals surface area (Å²) in [4.78, 5) is 34.7. The summed E-state index contributed by atoms with van der Waals surface area (Å²) in [5, 5.41) is 2.59. The summed E-state index contributed by atoms with van der Waals surface area (Å²) in [6.45, 7) is 0. The molecular weight excluding hydrogens is 414 g/mol. The number of pyridine rings is 1. The van der Waals surface area contributed by atoms with Crippen LogP contribution in [0.2, 0.25) is 0 Å². The van der Waals surface area contributed by atoms with Gasteiger partial charge in [-0.25, -0.2) is 18.4 Å². The molecule has 1 aromatic carbocycles. The highest BCUT2D eigenvalue weighted by atomic mass is 32.2. The predicted molar refractivity (Wildman–Crippen MR) is 112 cm³/mol. The van der Waals surface area contributed by atoms with Gasteiger partial charge in [0.05, 0.1) is 10.6 Å². The summed E-state index contributed by atoms with van der Waals surface area (Å²) in [5.41, 5.74) is -0.0807. The Morgan fingerprint density at radius 3 is 2.59 bits per heavy atom. The molecule has 2 heterocycles. The molecule has 29 heavy (non-hydrogen) atoms. The van der Waals surface area contributed by atoms with E-state index >= 15 is 0 Å². The second-order valence-electron chi connectivity index (χ2n) is 5.81. The number of carbonyl (C=O) groups is 1. The van der Waals surface area contributed by atoms with Gasteiger partial charge in [0.25, 0.3) is 21.5 Å². The Morgan fingerprint density at radius 1 is 1.17 bits per heavy atom. The van der Waals surface area contributed by atoms with E-state index in [-0.39, 0.29) is 16.4 Å². The number of amides is 1. The van der Waals surface area contributed by atoms with Crippen LogP contribution in [0.25, 0.3) is 0 Å². The first-order valence-electron chi connectivity index (χ1n) is 8.32. The molecule has 0 aliphatic carbocycles. The molecule has 0 saturated heterocycles. The Hall–Kier alpha value is -3.18. The third-order valence-corrected chi connectivity index (χ3v) is 5.56. The van der Waals surface area contributed by atoms with E-state index in [1.54, 1.807) is 12.1 Å². The number of aromatic amines is 1. The molecule has 0 aliphatic heterocycles. The molecular formula is C18H17N5O4S2. The fourth-order valence-electron chi connectivity index (χ4n) is 2.36. The zero-order chi connectivity index (χ0) is 20.9. The third kappa shape index (κ3) is 5.42. The molecule has 9 nitrogen and oxygen atoms in total. The molecule has 0 atom stereocenters. The van der Waals surface area contributed by atoms with Gasteiger partial charge in [0, 0.05) is 18.0 Å². The lowest BCUT2D eigenvalue weighted by molar-refractivity contribution is 0.102. The molecule has 0 spiro atoms. The van der Waals surface area contributed by atoms with Crippen LogP contribution in [0, 0.1) is 0 Å². The molecule has 0 aliphatic rings. The Labute approximate surface area is 171 Å². The highest BCUT2D eigenvalue weighted by molar-refractivity contribution is 7.97. The van der Waals surface area contributed by atoms with Crippen molar-refractivity contribution in [3.63, 3.8) is 0 Å². The maximum absolute atomic E-state index is 12.4. The summed E-state index contributed by atoms with van der Waals surface area (Å²) >= 11 is 1.46. The van der Waals surface area contributed by atoms with Gasteiger partial charge in [-0.1, -0.05) is 6.07 Å². The van der Waals surface area contributed by atoms with Gasteiger partial charge in [-0.2, -0.15) is 11.8 Å². The van der Waals surface area contributed by atoms with Crippen LogP contribution < -0.4 is 15.6 Å². The first-order valence-corrected chi connectivity index (χ1v) is 11.2. The number of hydrogen-bond donors (Lipinski definition) is 3. The number of thioether (sulfide) groups is 1. The van der Waals surface area contributed by atoms with E-state index in [1.165, 1.54) is 48.3 Å². The Morgan fingerprint density at radius 2 is 1.93 bits per heavy atom. The van der Waals surface area contributed by atoms with Crippen molar-refractivity contribution in [1.82, 2.24) is 15.0 Å². The highest BCUT2D eigenvalue weighted by Crippen LogP contribution is 2.17. The number of hydrogen-bond acceptors (Lipinski definition) is 7. The van der Waals surface area contributed by atoms with E-state index in [0.717, 1.165) is 6.07 Å². The Kier molecular flexibility index (Phi) is 6.29. The van der Waals surface area contributed by atoms with E-state index in [4.69, 9.17) is 0 Å². The van der Waals surface area contributed by atoms with E-state index in [2.05, 4.69) is 25.0 Å². The van der Waals surface area contributed by atoms with Crippen LogP contribution in [0.4, 0.5) is 11.5 Å². The first-order chi connectivity index (χ1) is 13.9. The summed E-state index contributed by atoms with van der Waals surface area (Å²) in [7, 11) is -3.81. The number of nitrogens with zero attached hydrogens (tertiary/aromatic N) is 2. The van der Waals surface area contributed by atoms with Gasteiger partial charge in [0.15, 0.2) is 0 Å².